The second-order valence-electron chi connectivity index (χ2n) is 8.37. The molecule has 4 nitrogen and oxygen atoms in total. The highest BCUT2D eigenvalue weighted by Gasteiger charge is 2.35. The summed E-state index contributed by atoms with van der Waals surface area (Å²) in [5, 5.41) is 0. The van der Waals surface area contributed by atoms with Gasteiger partial charge in [-0.2, -0.15) is 0 Å². The van der Waals surface area contributed by atoms with E-state index in [1.54, 1.807) is 0 Å². The SMILES string of the molecule is COC(=O)c1ccccc1-c1ccc(CN2c3ccccc3N3CCCCCC32)cc1. The van der Waals surface area contributed by atoms with Crippen LogP contribution < -0.4 is 9.80 Å². The van der Waals surface area contributed by atoms with Crippen LogP contribution in [0, 0.1) is 0 Å². The Kier molecular flexibility index (Phi) is 5.37. The van der Waals surface area contributed by atoms with E-state index < -0.39 is 0 Å². The Morgan fingerprint density at radius 2 is 1.65 bits per heavy atom. The fraction of sp³-hybridized carbons (Fsp3) is 0.296. The maximum atomic E-state index is 12.1. The van der Waals surface area contributed by atoms with Crippen LogP contribution in [0.3, 0.4) is 0 Å². The van der Waals surface area contributed by atoms with E-state index in [-0.39, 0.29) is 5.97 Å². The van der Waals surface area contributed by atoms with Gasteiger partial charge in [0.2, 0.25) is 0 Å². The summed E-state index contributed by atoms with van der Waals surface area (Å²) in [6.45, 7) is 2.03. The van der Waals surface area contributed by atoms with Gasteiger partial charge in [0.25, 0.3) is 0 Å². The van der Waals surface area contributed by atoms with Gasteiger partial charge in [-0.05, 0) is 54.2 Å². The molecule has 2 aliphatic rings. The van der Waals surface area contributed by atoms with Crippen LogP contribution in [0.1, 0.15) is 41.6 Å². The number of anilines is 2. The third kappa shape index (κ3) is 3.67. The summed E-state index contributed by atoms with van der Waals surface area (Å²) in [4.78, 5) is 17.3. The van der Waals surface area contributed by atoms with E-state index in [1.807, 2.05) is 24.3 Å². The van der Waals surface area contributed by atoms with Crippen LogP contribution in [0.4, 0.5) is 11.4 Å². The summed E-state index contributed by atoms with van der Waals surface area (Å²) in [6.07, 6.45) is 5.53. The standard InChI is InChI=1S/C27H28N2O2/c1-31-27(30)23-10-5-4-9-22(23)21-16-14-20(15-17-21)19-29-25-12-7-6-11-24(25)28-18-8-2-3-13-26(28)29/h4-7,9-12,14-17,26H,2-3,8,13,18-19H2,1H3. The topological polar surface area (TPSA) is 32.8 Å². The zero-order valence-corrected chi connectivity index (χ0v) is 18.0. The first kappa shape index (κ1) is 19.7. The van der Waals surface area contributed by atoms with Crippen LogP contribution in [0.25, 0.3) is 11.1 Å². The molecule has 0 bridgehead atoms. The van der Waals surface area contributed by atoms with E-state index >= 15 is 0 Å². The number of fused-ring (bicyclic) bond motifs is 3. The molecule has 1 fully saturated rings. The average Bonchev–Trinajstić information content (AvgIpc) is 2.96. The molecule has 1 unspecified atom stereocenters. The predicted molar refractivity (Wildman–Crippen MR) is 125 cm³/mol. The van der Waals surface area contributed by atoms with E-state index in [0.717, 1.165) is 24.2 Å². The van der Waals surface area contributed by atoms with Crippen LogP contribution >= 0.6 is 0 Å². The first-order valence-corrected chi connectivity index (χ1v) is 11.2. The largest absolute Gasteiger partial charge is 0.465 e. The zero-order valence-electron chi connectivity index (χ0n) is 18.0. The van der Waals surface area contributed by atoms with E-state index in [1.165, 1.54) is 49.7 Å². The maximum absolute atomic E-state index is 12.1. The second kappa shape index (κ2) is 8.46. The van der Waals surface area contributed by atoms with Gasteiger partial charge in [-0.15, -0.1) is 0 Å². The number of hydrogen-bond acceptors (Lipinski definition) is 4. The van der Waals surface area contributed by atoms with Gasteiger partial charge >= 0.3 is 5.97 Å². The minimum Gasteiger partial charge on any atom is -0.465 e. The number of carbonyl (C=O) groups is 1. The van der Waals surface area contributed by atoms with Crippen molar-refractivity contribution in [3.63, 3.8) is 0 Å². The van der Waals surface area contributed by atoms with Gasteiger partial charge in [0.15, 0.2) is 0 Å². The van der Waals surface area contributed by atoms with Crippen LogP contribution in [0.5, 0.6) is 0 Å². The highest BCUT2D eigenvalue weighted by molar-refractivity contribution is 5.97. The highest BCUT2D eigenvalue weighted by Crippen LogP contribution is 2.43. The van der Waals surface area contributed by atoms with Crippen molar-refractivity contribution in [1.82, 2.24) is 0 Å². The fourth-order valence-corrected chi connectivity index (χ4v) is 5.01. The number of benzene rings is 3. The van der Waals surface area contributed by atoms with Gasteiger partial charge < -0.3 is 14.5 Å². The molecule has 0 radical (unpaired) electrons. The minimum atomic E-state index is -0.304. The quantitative estimate of drug-likeness (QED) is 0.502. The molecule has 2 aliphatic heterocycles. The molecule has 1 saturated heterocycles. The molecule has 0 spiro atoms. The van der Waals surface area contributed by atoms with Crippen molar-refractivity contribution >= 4 is 17.3 Å². The minimum absolute atomic E-state index is 0.304. The monoisotopic (exact) mass is 412 g/mol. The number of methoxy groups -OCH3 is 1. The molecule has 0 amide bonds. The van der Waals surface area contributed by atoms with Crippen LogP contribution in [-0.2, 0) is 11.3 Å². The molecule has 0 N–H and O–H groups in total. The number of rotatable bonds is 4. The normalized spacial score (nSPS) is 17.6. The Labute approximate surface area is 184 Å². The molecule has 0 aromatic heterocycles. The van der Waals surface area contributed by atoms with Crippen LogP contribution in [-0.4, -0.2) is 25.8 Å². The highest BCUT2D eigenvalue weighted by atomic mass is 16.5. The predicted octanol–water partition coefficient (Wildman–Crippen LogP) is 5.87. The maximum Gasteiger partial charge on any atom is 0.338 e. The first-order valence-electron chi connectivity index (χ1n) is 11.2. The lowest BCUT2D eigenvalue weighted by Crippen LogP contribution is -2.42. The van der Waals surface area contributed by atoms with Crippen molar-refractivity contribution in [2.75, 3.05) is 23.5 Å². The molecule has 31 heavy (non-hydrogen) atoms. The van der Waals surface area contributed by atoms with Crippen molar-refractivity contribution in [2.24, 2.45) is 0 Å². The first-order chi connectivity index (χ1) is 15.3. The molecule has 5 rings (SSSR count). The summed E-state index contributed by atoms with van der Waals surface area (Å²) in [5.74, 6) is -0.304. The van der Waals surface area contributed by atoms with Gasteiger partial charge in [-0.1, -0.05) is 61.0 Å². The molecule has 2 heterocycles. The third-order valence-electron chi connectivity index (χ3n) is 6.53. The zero-order chi connectivity index (χ0) is 21.2. The van der Waals surface area contributed by atoms with E-state index in [0.29, 0.717) is 11.7 Å². The van der Waals surface area contributed by atoms with E-state index in [2.05, 4.69) is 58.3 Å². The number of ether oxygens (including phenoxy) is 1. The Bertz CT molecular complexity index is 1080. The van der Waals surface area contributed by atoms with Crippen molar-refractivity contribution in [2.45, 2.75) is 38.4 Å². The van der Waals surface area contributed by atoms with Gasteiger partial charge in [-0.3, -0.25) is 0 Å². The number of nitrogens with zero attached hydrogens (tertiary/aromatic N) is 2. The van der Waals surface area contributed by atoms with Crippen molar-refractivity contribution < 1.29 is 9.53 Å². The Hall–Kier alpha value is -3.27. The molecular formula is C27H28N2O2. The van der Waals surface area contributed by atoms with Crippen LogP contribution in [0.2, 0.25) is 0 Å². The number of hydrogen-bond donors (Lipinski definition) is 0. The molecule has 3 aromatic rings. The summed E-state index contributed by atoms with van der Waals surface area (Å²) >= 11 is 0. The Morgan fingerprint density at radius 1 is 0.903 bits per heavy atom. The number of para-hydroxylation sites is 2. The lowest BCUT2D eigenvalue weighted by Gasteiger charge is -2.31. The van der Waals surface area contributed by atoms with Crippen LogP contribution in [0.15, 0.2) is 72.8 Å². The van der Waals surface area contributed by atoms with Crippen molar-refractivity contribution in [1.29, 1.82) is 0 Å². The fourth-order valence-electron chi connectivity index (χ4n) is 5.01. The van der Waals surface area contributed by atoms with Gasteiger partial charge in [0, 0.05) is 13.1 Å². The summed E-state index contributed by atoms with van der Waals surface area (Å²) in [5.41, 5.74) is 6.53. The molecule has 4 heteroatoms. The van der Waals surface area contributed by atoms with Crippen molar-refractivity contribution in [3.8, 4) is 11.1 Å². The molecular weight excluding hydrogens is 384 g/mol. The molecule has 1 atom stereocenters. The second-order valence-corrected chi connectivity index (χ2v) is 8.37. The van der Waals surface area contributed by atoms with Gasteiger partial charge in [0.05, 0.1) is 24.0 Å². The molecule has 0 aliphatic carbocycles. The Balaban J connectivity index is 1.42. The molecule has 158 valence electrons. The summed E-state index contributed by atoms with van der Waals surface area (Å²) < 4.78 is 4.95. The smallest absolute Gasteiger partial charge is 0.338 e. The number of esters is 1. The summed E-state index contributed by atoms with van der Waals surface area (Å²) in [6, 6.07) is 25.0. The van der Waals surface area contributed by atoms with E-state index in [4.69, 9.17) is 4.74 Å². The average molecular weight is 413 g/mol. The number of carbonyl (C=O) groups excluding carboxylic acids is 1. The molecule has 3 aromatic carbocycles. The molecule has 0 saturated carbocycles. The Morgan fingerprint density at radius 3 is 2.45 bits per heavy atom. The lowest BCUT2D eigenvalue weighted by atomic mass is 9.98. The summed E-state index contributed by atoms with van der Waals surface area (Å²) in [7, 11) is 1.42. The third-order valence-corrected chi connectivity index (χ3v) is 6.53. The van der Waals surface area contributed by atoms with Gasteiger partial charge in [0.1, 0.15) is 6.17 Å². The lowest BCUT2D eigenvalue weighted by molar-refractivity contribution is 0.0601. The van der Waals surface area contributed by atoms with Gasteiger partial charge in [-0.25, -0.2) is 4.79 Å². The van der Waals surface area contributed by atoms with E-state index in [9.17, 15) is 4.79 Å². The van der Waals surface area contributed by atoms with Crippen molar-refractivity contribution in [3.05, 3.63) is 83.9 Å².